The number of aliphatic hydroxyl groups is 1. The van der Waals surface area contributed by atoms with Crippen molar-refractivity contribution in [3.05, 3.63) is 35.6 Å². The van der Waals surface area contributed by atoms with Gasteiger partial charge in [0.1, 0.15) is 5.82 Å². The van der Waals surface area contributed by atoms with Crippen LogP contribution in [0.15, 0.2) is 24.3 Å². The highest BCUT2D eigenvalue weighted by Crippen LogP contribution is 2.22. The molecule has 1 aromatic rings. The predicted molar refractivity (Wildman–Crippen MR) is 88.4 cm³/mol. The molecule has 1 amide bonds. The number of benzene rings is 1. The molecule has 1 aliphatic rings. The Morgan fingerprint density at radius 3 is 2.70 bits per heavy atom. The highest BCUT2D eigenvalue weighted by molar-refractivity contribution is 5.76. The Balaban J connectivity index is 1.71. The molecule has 5 heteroatoms. The van der Waals surface area contributed by atoms with Crippen LogP contribution in [0.3, 0.4) is 0 Å². The number of halogens is 1. The summed E-state index contributed by atoms with van der Waals surface area (Å²) in [6.45, 7) is 6.60. The number of hydrogen-bond acceptors (Lipinski definition) is 3. The van der Waals surface area contributed by atoms with Gasteiger partial charge in [0.05, 0.1) is 6.10 Å². The second-order valence-corrected chi connectivity index (χ2v) is 6.65. The number of carbonyl (C=O) groups excluding carboxylic acids is 1. The van der Waals surface area contributed by atoms with Gasteiger partial charge in [-0.15, -0.1) is 0 Å². The molecule has 1 aromatic carbocycles. The maximum Gasteiger partial charge on any atom is 0.220 e. The maximum atomic E-state index is 13.1. The molecule has 0 spiro atoms. The number of nitrogens with one attached hydrogen (secondary N) is 1. The minimum atomic E-state index is -0.877. The summed E-state index contributed by atoms with van der Waals surface area (Å²) in [6.07, 6.45) is 1.70. The molecule has 2 rings (SSSR count). The first-order valence-electron chi connectivity index (χ1n) is 8.40. The lowest BCUT2D eigenvalue weighted by molar-refractivity contribution is -0.122. The summed E-state index contributed by atoms with van der Waals surface area (Å²) in [5.41, 5.74) is 0.482. The normalized spacial score (nSPS) is 18.1. The Bertz CT molecular complexity index is 513. The van der Waals surface area contributed by atoms with Gasteiger partial charge in [0.25, 0.3) is 0 Å². The zero-order valence-corrected chi connectivity index (χ0v) is 14.0. The van der Waals surface area contributed by atoms with Gasteiger partial charge in [0, 0.05) is 19.0 Å². The van der Waals surface area contributed by atoms with Gasteiger partial charge in [0.2, 0.25) is 5.91 Å². The average molecular weight is 322 g/mol. The molecule has 0 saturated carbocycles. The van der Waals surface area contributed by atoms with Crippen molar-refractivity contribution in [3.8, 4) is 0 Å². The summed E-state index contributed by atoms with van der Waals surface area (Å²) in [7, 11) is 0. The Morgan fingerprint density at radius 1 is 1.39 bits per heavy atom. The molecule has 4 nitrogen and oxygen atoms in total. The van der Waals surface area contributed by atoms with E-state index in [4.69, 9.17) is 0 Å². The third-order valence-corrected chi connectivity index (χ3v) is 4.58. The Morgan fingerprint density at radius 2 is 2.09 bits per heavy atom. The molecule has 0 radical (unpaired) electrons. The minimum absolute atomic E-state index is 0.0385. The van der Waals surface area contributed by atoms with Crippen molar-refractivity contribution < 1.29 is 14.3 Å². The van der Waals surface area contributed by atoms with Crippen molar-refractivity contribution in [2.45, 2.75) is 45.3 Å². The summed E-state index contributed by atoms with van der Waals surface area (Å²) in [5, 5.41) is 12.8. The summed E-state index contributed by atoms with van der Waals surface area (Å²) in [6, 6.07) is 6.39. The lowest BCUT2D eigenvalue weighted by atomic mass is 9.92. The summed E-state index contributed by atoms with van der Waals surface area (Å²) < 4.78 is 13.1. The van der Waals surface area contributed by atoms with Crippen LogP contribution in [0.5, 0.6) is 0 Å². The molecule has 128 valence electrons. The highest BCUT2D eigenvalue weighted by Gasteiger charge is 2.23. The van der Waals surface area contributed by atoms with Crippen LogP contribution in [0.25, 0.3) is 0 Å². The lowest BCUT2D eigenvalue weighted by Crippen LogP contribution is -2.40. The third-order valence-electron chi connectivity index (χ3n) is 4.58. The molecular weight excluding hydrogens is 295 g/mol. The summed E-state index contributed by atoms with van der Waals surface area (Å²) in [4.78, 5) is 14.5. The van der Waals surface area contributed by atoms with Gasteiger partial charge >= 0.3 is 0 Å². The Labute approximate surface area is 137 Å². The largest absolute Gasteiger partial charge is 0.387 e. The van der Waals surface area contributed by atoms with E-state index in [2.05, 4.69) is 24.1 Å². The van der Waals surface area contributed by atoms with Crippen LogP contribution < -0.4 is 5.32 Å². The fourth-order valence-electron chi connectivity index (χ4n) is 3.05. The van der Waals surface area contributed by atoms with Crippen LogP contribution in [0.4, 0.5) is 4.39 Å². The lowest BCUT2D eigenvalue weighted by Gasteiger charge is -2.34. The van der Waals surface area contributed by atoms with E-state index in [0.29, 0.717) is 23.9 Å². The van der Waals surface area contributed by atoms with E-state index in [9.17, 15) is 14.3 Å². The van der Waals surface area contributed by atoms with E-state index in [-0.39, 0.29) is 18.3 Å². The van der Waals surface area contributed by atoms with E-state index in [1.807, 2.05) is 0 Å². The molecule has 1 saturated heterocycles. The second kappa shape index (κ2) is 8.41. The molecule has 0 bridgehead atoms. The molecule has 1 fully saturated rings. The van der Waals surface area contributed by atoms with Gasteiger partial charge in [-0.05, 0) is 63.4 Å². The quantitative estimate of drug-likeness (QED) is 0.846. The highest BCUT2D eigenvalue weighted by atomic mass is 19.1. The molecule has 0 aromatic heterocycles. The van der Waals surface area contributed by atoms with Gasteiger partial charge < -0.3 is 15.3 Å². The van der Waals surface area contributed by atoms with Gasteiger partial charge in [-0.1, -0.05) is 12.1 Å². The van der Waals surface area contributed by atoms with E-state index in [0.717, 1.165) is 25.9 Å². The fraction of sp³-hybridized carbons (Fsp3) is 0.611. The van der Waals surface area contributed by atoms with Crippen LogP contribution >= 0.6 is 0 Å². The number of carbonyl (C=O) groups is 1. The van der Waals surface area contributed by atoms with E-state index < -0.39 is 6.10 Å². The monoisotopic (exact) mass is 322 g/mol. The number of nitrogens with zero attached hydrogens (tertiary/aromatic N) is 1. The SMILES string of the molecule is CC(C)N1CCC(CC(=O)NC[C@H](O)c2cccc(F)c2)CC1. The predicted octanol–water partition coefficient (Wildman–Crippen LogP) is 2.49. The molecule has 23 heavy (non-hydrogen) atoms. The number of likely N-dealkylation sites (tertiary alicyclic amines) is 1. The van der Waals surface area contributed by atoms with Crippen LogP contribution in [0, 0.1) is 11.7 Å². The smallest absolute Gasteiger partial charge is 0.220 e. The molecule has 1 atom stereocenters. The van der Waals surface area contributed by atoms with Gasteiger partial charge in [-0.2, -0.15) is 0 Å². The van der Waals surface area contributed by atoms with E-state index >= 15 is 0 Å². The van der Waals surface area contributed by atoms with Crippen LogP contribution in [-0.4, -0.2) is 41.6 Å². The van der Waals surface area contributed by atoms with Crippen LogP contribution in [0.1, 0.15) is 44.8 Å². The fourth-order valence-corrected chi connectivity index (χ4v) is 3.05. The van der Waals surface area contributed by atoms with E-state index in [1.54, 1.807) is 12.1 Å². The average Bonchev–Trinajstić information content (AvgIpc) is 2.53. The molecular formula is C18H27FN2O2. The summed E-state index contributed by atoms with van der Waals surface area (Å²) >= 11 is 0. The summed E-state index contributed by atoms with van der Waals surface area (Å²) in [5.74, 6) is -0.00967. The molecule has 2 N–H and O–H groups in total. The first kappa shape index (κ1) is 17.9. The first-order valence-corrected chi connectivity index (χ1v) is 8.40. The molecule has 1 aliphatic heterocycles. The van der Waals surface area contributed by atoms with Crippen LogP contribution in [-0.2, 0) is 4.79 Å². The number of aliphatic hydroxyl groups excluding tert-OH is 1. The van der Waals surface area contributed by atoms with Crippen LogP contribution in [0.2, 0.25) is 0 Å². The number of hydrogen-bond donors (Lipinski definition) is 2. The zero-order valence-electron chi connectivity index (χ0n) is 14.0. The number of piperidine rings is 1. The molecule has 1 heterocycles. The van der Waals surface area contributed by atoms with Crippen molar-refractivity contribution >= 4 is 5.91 Å². The van der Waals surface area contributed by atoms with Crippen molar-refractivity contribution in [3.63, 3.8) is 0 Å². The molecule has 0 unspecified atom stereocenters. The molecule has 0 aliphatic carbocycles. The van der Waals surface area contributed by atoms with E-state index in [1.165, 1.54) is 12.1 Å². The number of rotatable bonds is 6. The minimum Gasteiger partial charge on any atom is -0.387 e. The maximum absolute atomic E-state index is 13.1. The van der Waals surface area contributed by atoms with Gasteiger partial charge in [-0.25, -0.2) is 4.39 Å². The standard InChI is InChI=1S/C18H27FN2O2/c1-13(2)21-8-6-14(7-9-21)10-18(23)20-12-17(22)15-4-3-5-16(19)11-15/h3-5,11,13-14,17,22H,6-10,12H2,1-2H3,(H,20,23)/t17-/m0/s1. The van der Waals surface area contributed by atoms with Gasteiger partial charge in [0.15, 0.2) is 0 Å². The third kappa shape index (κ3) is 5.59. The van der Waals surface area contributed by atoms with Crippen molar-refractivity contribution in [1.29, 1.82) is 0 Å². The van der Waals surface area contributed by atoms with Crippen molar-refractivity contribution in [1.82, 2.24) is 10.2 Å². The van der Waals surface area contributed by atoms with Crippen molar-refractivity contribution in [2.24, 2.45) is 5.92 Å². The second-order valence-electron chi connectivity index (χ2n) is 6.65. The van der Waals surface area contributed by atoms with Crippen molar-refractivity contribution in [2.75, 3.05) is 19.6 Å². The zero-order chi connectivity index (χ0) is 16.8. The number of amides is 1. The Hall–Kier alpha value is -1.46. The first-order chi connectivity index (χ1) is 11.0. The van der Waals surface area contributed by atoms with Gasteiger partial charge in [-0.3, -0.25) is 4.79 Å². The Kier molecular flexibility index (Phi) is 6.54. The topological polar surface area (TPSA) is 52.6 Å².